The largest absolute Gasteiger partial charge is 0.491 e. The minimum Gasteiger partial charge on any atom is -0.491 e. The third-order valence-corrected chi connectivity index (χ3v) is 4.55. The molecule has 112 valence electrons. The van der Waals surface area contributed by atoms with Crippen molar-refractivity contribution in [3.8, 4) is 5.75 Å². The first kappa shape index (κ1) is 15.2. The lowest BCUT2D eigenvalue weighted by atomic mass is 10.3. The summed E-state index contributed by atoms with van der Waals surface area (Å²) in [6, 6.07) is 3.71. The van der Waals surface area contributed by atoms with Gasteiger partial charge in [-0.3, -0.25) is 9.88 Å². The topological polar surface area (TPSA) is 85.5 Å². The van der Waals surface area contributed by atoms with Crippen molar-refractivity contribution in [2.45, 2.75) is 38.2 Å². The molecule has 2 N–H and O–H groups in total. The maximum atomic E-state index is 11.3. The van der Waals surface area contributed by atoms with Gasteiger partial charge in [0.15, 0.2) is 0 Å². The zero-order chi connectivity index (χ0) is 14.8. The van der Waals surface area contributed by atoms with Crippen LogP contribution in [-0.2, 0) is 16.6 Å². The molecule has 2 heterocycles. The number of sulfonamides is 1. The van der Waals surface area contributed by atoms with E-state index < -0.39 is 15.3 Å². The molecule has 1 atom stereocenters. The summed E-state index contributed by atoms with van der Waals surface area (Å²) in [6.45, 7) is 5.74. The van der Waals surface area contributed by atoms with Crippen LogP contribution in [0, 0.1) is 0 Å². The van der Waals surface area contributed by atoms with E-state index in [1.54, 1.807) is 6.20 Å². The number of nitrogens with zero attached hydrogens (tertiary/aromatic N) is 2. The second kappa shape index (κ2) is 6.07. The quantitative estimate of drug-likeness (QED) is 0.866. The Kier molecular flexibility index (Phi) is 4.62. The first-order chi connectivity index (χ1) is 9.34. The van der Waals surface area contributed by atoms with Crippen LogP contribution in [0.2, 0.25) is 0 Å². The van der Waals surface area contributed by atoms with E-state index in [0.29, 0.717) is 19.5 Å². The average molecular weight is 299 g/mol. The maximum absolute atomic E-state index is 11.3. The Morgan fingerprint density at radius 2 is 2.30 bits per heavy atom. The summed E-state index contributed by atoms with van der Waals surface area (Å²) in [4.78, 5) is 6.35. The Morgan fingerprint density at radius 1 is 1.55 bits per heavy atom. The molecule has 1 fully saturated rings. The number of ether oxygens (including phenoxy) is 1. The molecule has 1 aliphatic heterocycles. The molecule has 1 saturated heterocycles. The van der Waals surface area contributed by atoms with E-state index in [-0.39, 0.29) is 6.10 Å². The van der Waals surface area contributed by atoms with Crippen molar-refractivity contribution in [1.29, 1.82) is 0 Å². The number of nitrogens with two attached hydrogens (primary N) is 1. The summed E-state index contributed by atoms with van der Waals surface area (Å²) in [6.07, 6.45) is 2.41. The minimum atomic E-state index is -3.44. The van der Waals surface area contributed by atoms with E-state index in [2.05, 4.69) is 9.88 Å². The fraction of sp³-hybridized carbons (Fsp3) is 0.615. The molecular weight excluding hydrogens is 278 g/mol. The van der Waals surface area contributed by atoms with Crippen LogP contribution in [0.4, 0.5) is 0 Å². The number of pyridine rings is 1. The van der Waals surface area contributed by atoms with E-state index in [0.717, 1.165) is 18.0 Å². The van der Waals surface area contributed by atoms with Gasteiger partial charge >= 0.3 is 0 Å². The summed E-state index contributed by atoms with van der Waals surface area (Å²) in [5.41, 5.74) is 0.873. The number of primary sulfonamides is 1. The highest BCUT2D eigenvalue weighted by atomic mass is 32.2. The van der Waals surface area contributed by atoms with E-state index in [1.165, 1.54) is 0 Å². The summed E-state index contributed by atoms with van der Waals surface area (Å²) in [5, 5.41) is 4.72. The maximum Gasteiger partial charge on any atom is 0.213 e. The molecule has 1 aliphatic rings. The van der Waals surface area contributed by atoms with Gasteiger partial charge in [0.05, 0.1) is 17.0 Å². The van der Waals surface area contributed by atoms with Crippen molar-refractivity contribution in [1.82, 2.24) is 9.88 Å². The molecule has 2 rings (SSSR count). The summed E-state index contributed by atoms with van der Waals surface area (Å²) in [5.74, 6) is 0.784. The number of hydrogen-bond donors (Lipinski definition) is 1. The molecule has 0 saturated carbocycles. The number of hydrogen-bond acceptors (Lipinski definition) is 5. The Labute approximate surface area is 120 Å². The van der Waals surface area contributed by atoms with Gasteiger partial charge in [-0.2, -0.15) is 0 Å². The van der Waals surface area contributed by atoms with Gasteiger partial charge < -0.3 is 4.74 Å². The second-order valence-electron chi connectivity index (χ2n) is 5.38. The highest BCUT2D eigenvalue weighted by Gasteiger charge is 2.30. The summed E-state index contributed by atoms with van der Waals surface area (Å²) >= 11 is 0. The molecule has 0 amide bonds. The van der Waals surface area contributed by atoms with Crippen molar-refractivity contribution in [2.75, 3.05) is 13.1 Å². The van der Waals surface area contributed by atoms with Gasteiger partial charge in [-0.1, -0.05) is 0 Å². The molecule has 20 heavy (non-hydrogen) atoms. The predicted molar refractivity (Wildman–Crippen MR) is 76.8 cm³/mol. The minimum absolute atomic E-state index is 0.115. The Hall–Kier alpha value is -1.18. The van der Waals surface area contributed by atoms with Gasteiger partial charge in [-0.15, -0.1) is 0 Å². The van der Waals surface area contributed by atoms with Crippen LogP contribution < -0.4 is 9.88 Å². The monoisotopic (exact) mass is 299 g/mol. The van der Waals surface area contributed by atoms with Crippen molar-refractivity contribution >= 4 is 10.0 Å². The third kappa shape index (κ3) is 4.16. The van der Waals surface area contributed by atoms with Gasteiger partial charge in [0.2, 0.25) is 10.0 Å². The Balaban J connectivity index is 1.98. The summed E-state index contributed by atoms with van der Waals surface area (Å²) < 4.78 is 28.3. The molecule has 0 aromatic carbocycles. The van der Waals surface area contributed by atoms with E-state index >= 15 is 0 Å². The molecule has 0 bridgehead atoms. The van der Waals surface area contributed by atoms with Crippen LogP contribution in [0.5, 0.6) is 5.75 Å². The zero-order valence-electron chi connectivity index (χ0n) is 11.8. The highest BCUT2D eigenvalue weighted by molar-refractivity contribution is 7.89. The van der Waals surface area contributed by atoms with Crippen LogP contribution in [0.25, 0.3) is 0 Å². The lowest BCUT2D eigenvalue weighted by Gasteiger charge is -2.16. The first-order valence-corrected chi connectivity index (χ1v) is 8.31. The van der Waals surface area contributed by atoms with Gasteiger partial charge in [0.25, 0.3) is 0 Å². The van der Waals surface area contributed by atoms with Gasteiger partial charge in [-0.25, -0.2) is 13.6 Å². The van der Waals surface area contributed by atoms with Crippen LogP contribution in [0.1, 0.15) is 26.0 Å². The fourth-order valence-corrected chi connectivity index (χ4v) is 3.18. The lowest BCUT2D eigenvalue weighted by Crippen LogP contribution is -2.31. The molecule has 0 aliphatic carbocycles. The molecule has 0 spiro atoms. The second-order valence-corrected chi connectivity index (χ2v) is 7.23. The van der Waals surface area contributed by atoms with Crippen molar-refractivity contribution in [3.05, 3.63) is 24.0 Å². The number of aromatic nitrogens is 1. The van der Waals surface area contributed by atoms with Crippen LogP contribution in [-0.4, -0.2) is 42.7 Å². The van der Waals surface area contributed by atoms with Crippen LogP contribution in [0.15, 0.2) is 18.3 Å². The van der Waals surface area contributed by atoms with E-state index in [4.69, 9.17) is 9.88 Å². The molecule has 6 nitrogen and oxygen atoms in total. The molecule has 1 aromatic rings. The van der Waals surface area contributed by atoms with Crippen LogP contribution in [0.3, 0.4) is 0 Å². The SMILES string of the molecule is CC(C)Oc1ccnc(CN2CCC(S(N)(=O)=O)C2)c1. The summed E-state index contributed by atoms with van der Waals surface area (Å²) in [7, 11) is -3.44. The van der Waals surface area contributed by atoms with Gasteiger partial charge in [0.1, 0.15) is 5.75 Å². The Morgan fingerprint density at radius 3 is 2.90 bits per heavy atom. The van der Waals surface area contributed by atoms with E-state index in [1.807, 2.05) is 26.0 Å². The van der Waals surface area contributed by atoms with Crippen LogP contribution >= 0.6 is 0 Å². The zero-order valence-corrected chi connectivity index (χ0v) is 12.6. The molecule has 7 heteroatoms. The highest BCUT2D eigenvalue weighted by Crippen LogP contribution is 2.19. The molecular formula is C13H21N3O3S. The van der Waals surface area contributed by atoms with E-state index in [9.17, 15) is 8.42 Å². The number of rotatable bonds is 5. The number of likely N-dealkylation sites (tertiary alicyclic amines) is 1. The Bertz CT molecular complexity index is 560. The predicted octanol–water partition coefficient (Wildman–Crippen LogP) is 0.732. The van der Waals surface area contributed by atoms with Crippen molar-refractivity contribution in [3.63, 3.8) is 0 Å². The van der Waals surface area contributed by atoms with Crippen molar-refractivity contribution < 1.29 is 13.2 Å². The third-order valence-electron chi connectivity index (χ3n) is 3.24. The molecule has 1 aromatic heterocycles. The van der Waals surface area contributed by atoms with Gasteiger partial charge in [-0.05, 0) is 32.9 Å². The van der Waals surface area contributed by atoms with Crippen molar-refractivity contribution in [2.24, 2.45) is 5.14 Å². The fourth-order valence-electron chi connectivity index (χ4n) is 2.33. The first-order valence-electron chi connectivity index (χ1n) is 6.70. The molecule has 0 radical (unpaired) electrons. The standard InChI is InChI=1S/C13H21N3O3S/c1-10(2)19-12-3-5-15-11(7-12)8-16-6-4-13(9-16)20(14,17)18/h3,5,7,10,13H,4,6,8-9H2,1-2H3,(H2,14,17,18). The lowest BCUT2D eigenvalue weighted by molar-refractivity contribution is 0.241. The molecule has 1 unspecified atom stereocenters. The average Bonchev–Trinajstić information content (AvgIpc) is 2.76. The smallest absolute Gasteiger partial charge is 0.213 e. The normalized spacial score (nSPS) is 20.5. The van der Waals surface area contributed by atoms with Gasteiger partial charge in [0, 0.05) is 25.4 Å².